The molecule has 0 aliphatic rings. The molecule has 0 aliphatic heterocycles. The highest BCUT2D eigenvalue weighted by Crippen LogP contribution is 2.39. The van der Waals surface area contributed by atoms with Crippen molar-refractivity contribution in [1.29, 1.82) is 0 Å². The highest BCUT2D eigenvalue weighted by Gasteiger charge is 2.19. The Hall–Kier alpha value is -1.48. The molecule has 0 N–H and O–H groups in total. The molecule has 100 valence electrons. The Morgan fingerprint density at radius 1 is 0.750 bits per heavy atom. The molecule has 0 unspecified atom stereocenters. The summed E-state index contributed by atoms with van der Waals surface area (Å²) < 4.78 is 5.50. The van der Waals surface area contributed by atoms with E-state index < -0.39 is 0 Å². The summed E-state index contributed by atoms with van der Waals surface area (Å²) in [6.07, 6.45) is 0. The van der Waals surface area contributed by atoms with Crippen LogP contribution in [0.5, 0.6) is 0 Å². The van der Waals surface area contributed by atoms with E-state index in [1.54, 1.807) is 12.1 Å². The SMILES string of the molecule is Clc1nc(-c2ccccc2Cl)c(-c2ccccc2Cl)o1. The number of halogens is 3. The summed E-state index contributed by atoms with van der Waals surface area (Å²) in [4.78, 5) is 4.21. The van der Waals surface area contributed by atoms with Crippen molar-refractivity contribution in [3.8, 4) is 22.6 Å². The minimum absolute atomic E-state index is 0.0508. The molecule has 2 aromatic carbocycles. The Labute approximate surface area is 130 Å². The third-order valence-corrected chi connectivity index (χ3v) is 3.67. The minimum atomic E-state index is 0.0508. The molecule has 2 nitrogen and oxygen atoms in total. The second-order valence-corrected chi connectivity index (χ2v) is 5.24. The monoisotopic (exact) mass is 323 g/mol. The van der Waals surface area contributed by atoms with Crippen LogP contribution in [-0.2, 0) is 0 Å². The fourth-order valence-electron chi connectivity index (χ4n) is 1.96. The van der Waals surface area contributed by atoms with E-state index in [4.69, 9.17) is 39.2 Å². The highest BCUT2D eigenvalue weighted by atomic mass is 35.5. The summed E-state index contributed by atoms with van der Waals surface area (Å²) in [5, 5.41) is 1.19. The first-order valence-corrected chi connectivity index (χ1v) is 6.96. The lowest BCUT2D eigenvalue weighted by molar-refractivity contribution is 0.574. The van der Waals surface area contributed by atoms with Crippen LogP contribution in [0, 0.1) is 0 Å². The van der Waals surface area contributed by atoms with E-state index in [1.807, 2.05) is 36.4 Å². The van der Waals surface area contributed by atoms with Crippen LogP contribution in [0.3, 0.4) is 0 Å². The van der Waals surface area contributed by atoms with Crippen LogP contribution in [0.2, 0.25) is 15.4 Å². The maximum absolute atomic E-state index is 6.21. The van der Waals surface area contributed by atoms with Crippen LogP contribution in [0.25, 0.3) is 22.6 Å². The van der Waals surface area contributed by atoms with Crippen molar-refractivity contribution in [3.63, 3.8) is 0 Å². The Bertz CT molecular complexity index is 704. The second-order valence-electron chi connectivity index (χ2n) is 4.10. The Kier molecular flexibility index (Phi) is 3.70. The van der Waals surface area contributed by atoms with Crippen molar-refractivity contribution < 1.29 is 4.42 Å². The van der Waals surface area contributed by atoms with E-state index in [-0.39, 0.29) is 5.35 Å². The van der Waals surface area contributed by atoms with Crippen molar-refractivity contribution in [1.82, 2.24) is 4.98 Å². The Balaban J connectivity index is 2.25. The average molecular weight is 325 g/mol. The molecule has 5 heteroatoms. The summed E-state index contributed by atoms with van der Waals surface area (Å²) in [6.45, 7) is 0. The van der Waals surface area contributed by atoms with Crippen LogP contribution < -0.4 is 0 Å². The largest absolute Gasteiger partial charge is 0.427 e. The average Bonchev–Trinajstić information content (AvgIpc) is 2.81. The molecule has 0 saturated carbocycles. The van der Waals surface area contributed by atoms with Crippen LogP contribution >= 0.6 is 34.8 Å². The smallest absolute Gasteiger partial charge is 0.293 e. The molecule has 0 atom stereocenters. The van der Waals surface area contributed by atoms with E-state index in [0.29, 0.717) is 21.5 Å². The first-order valence-electron chi connectivity index (χ1n) is 5.83. The molecule has 0 spiro atoms. The number of aromatic nitrogens is 1. The number of hydrogen-bond acceptors (Lipinski definition) is 2. The summed E-state index contributed by atoms with van der Waals surface area (Å²) in [6, 6.07) is 14.7. The lowest BCUT2D eigenvalue weighted by Gasteiger charge is -2.04. The third kappa shape index (κ3) is 2.42. The summed E-state index contributed by atoms with van der Waals surface area (Å²) in [5.41, 5.74) is 2.05. The van der Waals surface area contributed by atoms with Crippen LogP contribution in [0.15, 0.2) is 52.9 Å². The molecular weight excluding hydrogens is 317 g/mol. The summed E-state index contributed by atoms with van der Waals surface area (Å²) in [5.74, 6) is 0.508. The van der Waals surface area contributed by atoms with Gasteiger partial charge in [0.1, 0.15) is 5.69 Å². The van der Waals surface area contributed by atoms with E-state index >= 15 is 0 Å². The number of nitrogens with zero attached hydrogens (tertiary/aromatic N) is 1. The van der Waals surface area contributed by atoms with Gasteiger partial charge >= 0.3 is 0 Å². The zero-order chi connectivity index (χ0) is 14.1. The van der Waals surface area contributed by atoms with Gasteiger partial charge in [0, 0.05) is 11.1 Å². The lowest BCUT2D eigenvalue weighted by Crippen LogP contribution is -1.84. The number of oxazole rings is 1. The molecule has 3 aromatic rings. The highest BCUT2D eigenvalue weighted by molar-refractivity contribution is 6.34. The fraction of sp³-hybridized carbons (Fsp3) is 0. The molecule has 1 heterocycles. The molecule has 1 aromatic heterocycles. The van der Waals surface area contributed by atoms with E-state index in [9.17, 15) is 0 Å². The van der Waals surface area contributed by atoms with Gasteiger partial charge in [0.15, 0.2) is 5.76 Å². The predicted octanol–water partition coefficient (Wildman–Crippen LogP) is 5.97. The third-order valence-electron chi connectivity index (χ3n) is 2.85. The maximum atomic E-state index is 6.21. The zero-order valence-electron chi connectivity index (χ0n) is 10.1. The van der Waals surface area contributed by atoms with Gasteiger partial charge in [-0.15, -0.1) is 0 Å². The molecule has 20 heavy (non-hydrogen) atoms. The second kappa shape index (κ2) is 5.49. The maximum Gasteiger partial charge on any atom is 0.293 e. The molecule has 0 saturated heterocycles. The predicted molar refractivity (Wildman–Crippen MR) is 82.4 cm³/mol. The minimum Gasteiger partial charge on any atom is -0.427 e. The molecule has 0 amide bonds. The molecule has 0 bridgehead atoms. The van der Waals surface area contributed by atoms with Gasteiger partial charge < -0.3 is 4.42 Å². The molecule has 0 fully saturated rings. The number of benzene rings is 2. The van der Waals surface area contributed by atoms with Gasteiger partial charge in [0.25, 0.3) is 5.35 Å². The summed E-state index contributed by atoms with van der Waals surface area (Å²) >= 11 is 18.3. The van der Waals surface area contributed by atoms with Crippen molar-refractivity contribution in [2.75, 3.05) is 0 Å². The van der Waals surface area contributed by atoms with E-state index in [1.165, 1.54) is 0 Å². The Morgan fingerprint density at radius 2 is 1.30 bits per heavy atom. The van der Waals surface area contributed by atoms with Crippen molar-refractivity contribution in [2.24, 2.45) is 0 Å². The van der Waals surface area contributed by atoms with E-state index in [2.05, 4.69) is 4.98 Å². The lowest BCUT2D eigenvalue weighted by atomic mass is 10.1. The van der Waals surface area contributed by atoms with Crippen molar-refractivity contribution >= 4 is 34.8 Å². The fourth-order valence-corrected chi connectivity index (χ4v) is 2.57. The van der Waals surface area contributed by atoms with E-state index in [0.717, 1.165) is 11.1 Å². The van der Waals surface area contributed by atoms with Crippen LogP contribution in [0.4, 0.5) is 0 Å². The van der Waals surface area contributed by atoms with Gasteiger partial charge in [0.2, 0.25) is 0 Å². The zero-order valence-corrected chi connectivity index (χ0v) is 12.4. The topological polar surface area (TPSA) is 26.0 Å². The van der Waals surface area contributed by atoms with Crippen molar-refractivity contribution in [3.05, 3.63) is 63.9 Å². The molecular formula is C15H8Cl3NO. The van der Waals surface area contributed by atoms with Gasteiger partial charge in [-0.1, -0.05) is 53.5 Å². The number of rotatable bonds is 2. The molecule has 3 rings (SSSR count). The normalized spacial score (nSPS) is 10.8. The van der Waals surface area contributed by atoms with Crippen molar-refractivity contribution in [2.45, 2.75) is 0 Å². The number of hydrogen-bond donors (Lipinski definition) is 0. The van der Waals surface area contributed by atoms with Gasteiger partial charge in [-0.05, 0) is 29.8 Å². The van der Waals surface area contributed by atoms with Gasteiger partial charge in [-0.25, -0.2) is 0 Å². The standard InChI is InChI=1S/C15H8Cl3NO/c16-11-7-3-1-5-9(11)13-14(20-15(18)19-13)10-6-2-4-8-12(10)17/h1-8H. The van der Waals surface area contributed by atoms with Gasteiger partial charge in [0.05, 0.1) is 10.0 Å². The molecule has 0 radical (unpaired) electrons. The quantitative estimate of drug-likeness (QED) is 0.580. The first kappa shape index (κ1) is 13.5. The van der Waals surface area contributed by atoms with Gasteiger partial charge in [-0.3, -0.25) is 0 Å². The summed E-state index contributed by atoms with van der Waals surface area (Å²) in [7, 11) is 0. The van der Waals surface area contributed by atoms with Crippen LogP contribution in [0.1, 0.15) is 0 Å². The first-order chi connectivity index (χ1) is 9.66. The van der Waals surface area contributed by atoms with Crippen LogP contribution in [-0.4, -0.2) is 4.98 Å². The molecule has 0 aliphatic carbocycles. The Morgan fingerprint density at radius 3 is 1.90 bits per heavy atom. The van der Waals surface area contributed by atoms with Gasteiger partial charge in [-0.2, -0.15) is 4.98 Å².